The van der Waals surface area contributed by atoms with Crippen molar-refractivity contribution in [1.82, 2.24) is 0 Å². The lowest BCUT2D eigenvalue weighted by molar-refractivity contribution is 0.111. The van der Waals surface area contributed by atoms with Crippen molar-refractivity contribution >= 4 is 12.6 Å². The van der Waals surface area contributed by atoms with Crippen molar-refractivity contribution in [2.75, 3.05) is 13.2 Å². The summed E-state index contributed by atoms with van der Waals surface area (Å²) < 4.78 is 11.5. The van der Waals surface area contributed by atoms with Crippen molar-refractivity contribution in [2.24, 2.45) is 0 Å². The average Bonchev–Trinajstić information content (AvgIpc) is 2.70. The Morgan fingerprint density at radius 2 is 1.11 bits per heavy atom. The van der Waals surface area contributed by atoms with E-state index in [0.29, 0.717) is 47.7 Å². The molecule has 4 nitrogen and oxygen atoms in total. The molecule has 0 heterocycles. The van der Waals surface area contributed by atoms with Gasteiger partial charge < -0.3 is 9.47 Å². The number of unbranched alkanes of at least 4 members (excludes halogenated alkanes) is 1. The van der Waals surface area contributed by atoms with Crippen LogP contribution in [0.1, 0.15) is 84.2 Å². The Kier molecular flexibility index (Phi) is 8.24. The number of carbonyl (C=O) groups excluding carboxylic acids is 2. The van der Waals surface area contributed by atoms with Gasteiger partial charge in [0.2, 0.25) is 0 Å². The lowest BCUT2D eigenvalue weighted by atomic mass is 10.0. The van der Waals surface area contributed by atoms with Crippen LogP contribution >= 0.6 is 0 Å². The van der Waals surface area contributed by atoms with E-state index in [2.05, 4.69) is 27.7 Å². The van der Waals surface area contributed by atoms with Crippen molar-refractivity contribution < 1.29 is 19.1 Å². The molecule has 0 aliphatic carbocycles. The summed E-state index contributed by atoms with van der Waals surface area (Å²) in [6.07, 6.45) is 3.27. The Labute approximate surface area is 167 Å². The molecule has 0 spiro atoms. The Morgan fingerprint density at radius 1 is 0.714 bits per heavy atom. The van der Waals surface area contributed by atoms with E-state index < -0.39 is 0 Å². The van der Waals surface area contributed by atoms with Crippen LogP contribution in [0.4, 0.5) is 0 Å². The molecule has 0 saturated carbocycles. The van der Waals surface area contributed by atoms with E-state index in [0.717, 1.165) is 36.5 Å². The SMILES string of the molecule is CC(C)c1ccc(OCCCCOc2ccc(C(C)C)cc2C=O)c(C=O)c1. The molecule has 2 aromatic rings. The first-order chi connectivity index (χ1) is 13.5. The summed E-state index contributed by atoms with van der Waals surface area (Å²) in [5, 5.41) is 0. The topological polar surface area (TPSA) is 52.6 Å². The molecule has 0 amide bonds. The van der Waals surface area contributed by atoms with Gasteiger partial charge in [-0.25, -0.2) is 0 Å². The monoisotopic (exact) mass is 382 g/mol. The summed E-state index contributed by atoms with van der Waals surface area (Å²) in [7, 11) is 0. The zero-order valence-electron chi connectivity index (χ0n) is 17.2. The Balaban J connectivity index is 1.80. The van der Waals surface area contributed by atoms with Crippen molar-refractivity contribution in [1.29, 1.82) is 0 Å². The molecule has 0 aliphatic heterocycles. The molecule has 0 aromatic heterocycles. The molecule has 0 radical (unpaired) electrons. The number of hydrogen-bond donors (Lipinski definition) is 0. The van der Waals surface area contributed by atoms with Gasteiger partial charge in [-0.05, 0) is 60.1 Å². The van der Waals surface area contributed by atoms with Crippen molar-refractivity contribution in [2.45, 2.75) is 52.4 Å². The minimum absolute atomic E-state index is 0.371. The highest BCUT2D eigenvalue weighted by molar-refractivity contribution is 5.80. The summed E-state index contributed by atoms with van der Waals surface area (Å²) in [5.41, 5.74) is 3.42. The second-order valence-corrected chi connectivity index (χ2v) is 7.54. The normalized spacial score (nSPS) is 10.9. The predicted molar refractivity (Wildman–Crippen MR) is 112 cm³/mol. The van der Waals surface area contributed by atoms with Gasteiger partial charge in [0.25, 0.3) is 0 Å². The van der Waals surface area contributed by atoms with Gasteiger partial charge in [-0.15, -0.1) is 0 Å². The van der Waals surface area contributed by atoms with Crippen molar-refractivity contribution in [3.05, 3.63) is 58.7 Å². The smallest absolute Gasteiger partial charge is 0.153 e. The van der Waals surface area contributed by atoms with Gasteiger partial charge in [-0.2, -0.15) is 0 Å². The second kappa shape index (κ2) is 10.6. The van der Waals surface area contributed by atoms with Gasteiger partial charge in [0.15, 0.2) is 12.6 Å². The summed E-state index contributed by atoms with van der Waals surface area (Å²) >= 11 is 0. The van der Waals surface area contributed by atoms with Crippen LogP contribution in [0.2, 0.25) is 0 Å². The van der Waals surface area contributed by atoms with E-state index in [1.54, 1.807) is 0 Å². The highest BCUT2D eigenvalue weighted by Crippen LogP contribution is 2.24. The van der Waals surface area contributed by atoms with Gasteiger partial charge in [0.05, 0.1) is 24.3 Å². The molecule has 150 valence electrons. The molecule has 0 N–H and O–H groups in total. The highest BCUT2D eigenvalue weighted by Gasteiger charge is 2.08. The molecule has 0 atom stereocenters. The number of aldehydes is 2. The molecule has 4 heteroatoms. The molecular formula is C24H30O4. The second-order valence-electron chi connectivity index (χ2n) is 7.54. The molecule has 0 saturated heterocycles. The van der Waals surface area contributed by atoms with Crippen LogP contribution in [0.25, 0.3) is 0 Å². The van der Waals surface area contributed by atoms with Crippen LogP contribution in [-0.4, -0.2) is 25.8 Å². The third-order valence-corrected chi connectivity index (χ3v) is 4.71. The fraction of sp³-hybridized carbons (Fsp3) is 0.417. The van der Waals surface area contributed by atoms with E-state index in [9.17, 15) is 9.59 Å². The maximum Gasteiger partial charge on any atom is 0.153 e. The number of rotatable bonds is 11. The highest BCUT2D eigenvalue weighted by atomic mass is 16.5. The zero-order chi connectivity index (χ0) is 20.5. The number of benzene rings is 2. The summed E-state index contributed by atoms with van der Waals surface area (Å²) in [4.78, 5) is 22.6. The van der Waals surface area contributed by atoms with E-state index >= 15 is 0 Å². The summed E-state index contributed by atoms with van der Waals surface area (Å²) in [6.45, 7) is 9.40. The number of carbonyl (C=O) groups is 2. The van der Waals surface area contributed by atoms with E-state index in [1.807, 2.05) is 36.4 Å². The fourth-order valence-electron chi connectivity index (χ4n) is 2.87. The van der Waals surface area contributed by atoms with Gasteiger partial charge in [0, 0.05) is 0 Å². The van der Waals surface area contributed by atoms with Crippen molar-refractivity contribution in [3.63, 3.8) is 0 Å². The predicted octanol–water partition coefficient (Wildman–Crippen LogP) is 5.80. The number of hydrogen-bond acceptors (Lipinski definition) is 4. The minimum atomic E-state index is 0.371. The molecule has 28 heavy (non-hydrogen) atoms. The maximum atomic E-state index is 11.3. The quantitative estimate of drug-likeness (QED) is 0.364. The largest absolute Gasteiger partial charge is 0.493 e. The molecule has 2 rings (SSSR count). The maximum absolute atomic E-state index is 11.3. The Hall–Kier alpha value is -2.62. The van der Waals surface area contributed by atoms with Crippen LogP contribution < -0.4 is 9.47 Å². The third-order valence-electron chi connectivity index (χ3n) is 4.71. The van der Waals surface area contributed by atoms with Gasteiger partial charge in [-0.1, -0.05) is 39.8 Å². The van der Waals surface area contributed by atoms with Gasteiger partial charge in [0.1, 0.15) is 11.5 Å². The van der Waals surface area contributed by atoms with Crippen LogP contribution in [0.5, 0.6) is 11.5 Å². The van der Waals surface area contributed by atoms with E-state index in [-0.39, 0.29) is 0 Å². The first kappa shape index (κ1) is 21.7. The molecule has 0 fully saturated rings. The van der Waals surface area contributed by atoms with Gasteiger partial charge >= 0.3 is 0 Å². The van der Waals surface area contributed by atoms with E-state index in [1.165, 1.54) is 0 Å². The Bertz CT molecular complexity index is 726. The Morgan fingerprint density at radius 3 is 1.43 bits per heavy atom. The minimum Gasteiger partial charge on any atom is -0.493 e. The summed E-state index contributed by atoms with van der Waals surface area (Å²) in [6, 6.07) is 11.5. The van der Waals surface area contributed by atoms with Crippen LogP contribution in [0.3, 0.4) is 0 Å². The van der Waals surface area contributed by atoms with Crippen LogP contribution in [-0.2, 0) is 0 Å². The average molecular weight is 383 g/mol. The zero-order valence-corrected chi connectivity index (χ0v) is 17.2. The number of ether oxygens (including phenoxy) is 2. The lowest BCUT2D eigenvalue weighted by Crippen LogP contribution is -2.05. The summed E-state index contributed by atoms with van der Waals surface area (Å²) in [5.74, 6) is 1.98. The molecule has 0 aliphatic rings. The van der Waals surface area contributed by atoms with Crippen LogP contribution in [0.15, 0.2) is 36.4 Å². The third kappa shape index (κ3) is 5.95. The first-order valence-electron chi connectivity index (χ1n) is 9.90. The molecule has 0 unspecified atom stereocenters. The molecular weight excluding hydrogens is 352 g/mol. The first-order valence-corrected chi connectivity index (χ1v) is 9.90. The molecule has 0 bridgehead atoms. The van der Waals surface area contributed by atoms with Gasteiger partial charge in [-0.3, -0.25) is 9.59 Å². The van der Waals surface area contributed by atoms with E-state index in [4.69, 9.17) is 9.47 Å². The standard InChI is InChI=1S/C24H30O4/c1-17(2)19-7-9-23(21(13-19)15-25)27-11-5-6-12-28-24-10-8-20(18(3)4)14-22(24)16-26/h7-10,13-18H,5-6,11-12H2,1-4H3. The lowest BCUT2D eigenvalue weighted by Gasteiger charge is -2.13. The fourth-order valence-corrected chi connectivity index (χ4v) is 2.87. The van der Waals surface area contributed by atoms with Crippen LogP contribution in [0, 0.1) is 0 Å². The van der Waals surface area contributed by atoms with Crippen molar-refractivity contribution in [3.8, 4) is 11.5 Å². The molecule has 2 aromatic carbocycles.